The summed E-state index contributed by atoms with van der Waals surface area (Å²) < 4.78 is 0. The molecule has 3 nitrogen and oxygen atoms in total. The first kappa shape index (κ1) is 12.9. The molecule has 2 rings (SSSR count). The summed E-state index contributed by atoms with van der Waals surface area (Å²) in [6, 6.07) is 5.54. The van der Waals surface area contributed by atoms with Crippen molar-refractivity contribution in [3.8, 4) is 5.75 Å². The predicted molar refractivity (Wildman–Crippen MR) is 71.8 cm³/mol. The van der Waals surface area contributed by atoms with Gasteiger partial charge in [-0.15, -0.1) is 0 Å². The third-order valence-corrected chi connectivity index (χ3v) is 3.75. The van der Waals surface area contributed by atoms with E-state index in [9.17, 15) is 9.90 Å². The number of benzene rings is 1. The molecule has 1 aromatic rings. The van der Waals surface area contributed by atoms with Crippen LogP contribution in [0.2, 0.25) is 0 Å². The van der Waals surface area contributed by atoms with Crippen molar-refractivity contribution in [1.29, 1.82) is 0 Å². The molecule has 1 fully saturated rings. The van der Waals surface area contributed by atoms with Crippen LogP contribution in [0.1, 0.15) is 48.5 Å². The Balaban J connectivity index is 2.25. The van der Waals surface area contributed by atoms with Gasteiger partial charge in [-0.3, -0.25) is 4.79 Å². The fourth-order valence-corrected chi connectivity index (χ4v) is 2.76. The van der Waals surface area contributed by atoms with E-state index in [0.717, 1.165) is 18.4 Å². The van der Waals surface area contributed by atoms with Gasteiger partial charge in [0.25, 0.3) is 5.91 Å². The second-order valence-electron chi connectivity index (χ2n) is 5.05. The van der Waals surface area contributed by atoms with Gasteiger partial charge in [0, 0.05) is 12.6 Å². The van der Waals surface area contributed by atoms with Gasteiger partial charge in [-0.1, -0.05) is 24.5 Å². The second kappa shape index (κ2) is 5.42. The number of carbonyl (C=O) groups is 1. The van der Waals surface area contributed by atoms with Gasteiger partial charge < -0.3 is 10.0 Å². The lowest BCUT2D eigenvalue weighted by Gasteiger charge is -2.28. The highest BCUT2D eigenvalue weighted by Crippen LogP contribution is 2.27. The molecule has 3 heteroatoms. The van der Waals surface area contributed by atoms with Gasteiger partial charge in [0.05, 0.1) is 5.56 Å². The Labute approximate surface area is 108 Å². The van der Waals surface area contributed by atoms with Gasteiger partial charge >= 0.3 is 0 Å². The molecule has 0 bridgehead atoms. The number of phenols is 1. The van der Waals surface area contributed by atoms with Crippen molar-refractivity contribution in [3.05, 3.63) is 29.3 Å². The zero-order chi connectivity index (χ0) is 13.1. The van der Waals surface area contributed by atoms with E-state index in [2.05, 4.69) is 0 Å². The summed E-state index contributed by atoms with van der Waals surface area (Å²) in [5, 5.41) is 9.85. The van der Waals surface area contributed by atoms with Gasteiger partial charge in [-0.05, 0) is 38.8 Å². The van der Waals surface area contributed by atoms with Crippen LogP contribution in [0.15, 0.2) is 18.2 Å². The second-order valence-corrected chi connectivity index (χ2v) is 5.05. The van der Waals surface area contributed by atoms with Crippen LogP contribution in [0.3, 0.4) is 0 Å². The average Bonchev–Trinajstić information content (AvgIpc) is 2.87. The van der Waals surface area contributed by atoms with Crippen molar-refractivity contribution in [3.63, 3.8) is 0 Å². The van der Waals surface area contributed by atoms with E-state index in [1.54, 1.807) is 12.1 Å². The van der Waals surface area contributed by atoms with Gasteiger partial charge in [-0.25, -0.2) is 0 Å². The Morgan fingerprint density at radius 1 is 1.39 bits per heavy atom. The van der Waals surface area contributed by atoms with Crippen molar-refractivity contribution in [2.24, 2.45) is 0 Å². The lowest BCUT2D eigenvalue weighted by molar-refractivity contribution is 0.0690. The summed E-state index contributed by atoms with van der Waals surface area (Å²) >= 11 is 0. The maximum Gasteiger partial charge on any atom is 0.257 e. The molecule has 1 aliphatic carbocycles. The summed E-state index contributed by atoms with van der Waals surface area (Å²) in [4.78, 5) is 14.4. The van der Waals surface area contributed by atoms with E-state index in [0.29, 0.717) is 18.2 Å². The molecule has 0 radical (unpaired) electrons. The molecule has 1 N–H and O–H groups in total. The van der Waals surface area contributed by atoms with Gasteiger partial charge in [0.1, 0.15) is 5.75 Å². The Hall–Kier alpha value is -1.51. The Morgan fingerprint density at radius 3 is 2.67 bits per heavy atom. The lowest BCUT2D eigenvalue weighted by Crippen LogP contribution is -2.38. The number of carbonyl (C=O) groups excluding carboxylic acids is 1. The van der Waals surface area contributed by atoms with E-state index in [4.69, 9.17) is 0 Å². The van der Waals surface area contributed by atoms with Crippen LogP contribution in [0, 0.1) is 6.92 Å². The number of rotatable bonds is 3. The third kappa shape index (κ3) is 2.50. The van der Waals surface area contributed by atoms with E-state index in [1.807, 2.05) is 24.8 Å². The highest BCUT2D eigenvalue weighted by molar-refractivity contribution is 5.97. The van der Waals surface area contributed by atoms with E-state index < -0.39 is 0 Å². The van der Waals surface area contributed by atoms with E-state index >= 15 is 0 Å². The molecule has 18 heavy (non-hydrogen) atoms. The molecule has 1 aromatic carbocycles. The van der Waals surface area contributed by atoms with Crippen molar-refractivity contribution in [2.75, 3.05) is 6.54 Å². The molecule has 0 unspecified atom stereocenters. The monoisotopic (exact) mass is 247 g/mol. The van der Waals surface area contributed by atoms with Gasteiger partial charge in [-0.2, -0.15) is 0 Å². The van der Waals surface area contributed by atoms with Crippen LogP contribution in [0.25, 0.3) is 0 Å². The number of aryl methyl sites for hydroxylation is 1. The van der Waals surface area contributed by atoms with Crippen molar-refractivity contribution < 1.29 is 9.90 Å². The van der Waals surface area contributed by atoms with E-state index in [1.165, 1.54) is 12.8 Å². The van der Waals surface area contributed by atoms with Crippen LogP contribution >= 0.6 is 0 Å². The predicted octanol–water partition coefficient (Wildman–Crippen LogP) is 3.11. The topological polar surface area (TPSA) is 40.5 Å². The Bertz CT molecular complexity index is 436. The molecular formula is C15H21NO2. The summed E-state index contributed by atoms with van der Waals surface area (Å²) in [6.45, 7) is 4.64. The number of hydrogen-bond donors (Lipinski definition) is 1. The SMILES string of the molecule is CCN(C(=O)c1cc(C)ccc1O)C1CCCC1. The van der Waals surface area contributed by atoms with Crippen LogP contribution < -0.4 is 0 Å². The van der Waals surface area contributed by atoms with Crippen LogP contribution in [0.4, 0.5) is 0 Å². The molecule has 0 atom stereocenters. The smallest absolute Gasteiger partial charge is 0.257 e. The molecule has 0 aromatic heterocycles. The van der Waals surface area contributed by atoms with Crippen LogP contribution in [0.5, 0.6) is 5.75 Å². The minimum atomic E-state index is -0.0365. The van der Waals surface area contributed by atoms with Gasteiger partial charge in [0.15, 0.2) is 0 Å². The fraction of sp³-hybridized carbons (Fsp3) is 0.533. The normalized spacial score (nSPS) is 15.9. The molecule has 0 heterocycles. The zero-order valence-electron chi connectivity index (χ0n) is 11.1. The van der Waals surface area contributed by atoms with Crippen LogP contribution in [-0.2, 0) is 0 Å². The molecule has 1 amide bonds. The standard InChI is InChI=1S/C15H21NO2/c1-3-16(12-6-4-5-7-12)15(18)13-10-11(2)8-9-14(13)17/h8-10,12,17H,3-7H2,1-2H3. The first-order chi connectivity index (χ1) is 8.63. The summed E-state index contributed by atoms with van der Waals surface area (Å²) in [5.41, 5.74) is 1.43. The highest BCUT2D eigenvalue weighted by Gasteiger charge is 2.27. The third-order valence-electron chi connectivity index (χ3n) is 3.75. The molecule has 0 aliphatic heterocycles. The minimum absolute atomic E-state index is 0.0365. The fourth-order valence-electron chi connectivity index (χ4n) is 2.76. The molecule has 1 saturated carbocycles. The quantitative estimate of drug-likeness (QED) is 0.891. The number of hydrogen-bond acceptors (Lipinski definition) is 2. The maximum absolute atomic E-state index is 12.5. The number of aromatic hydroxyl groups is 1. The minimum Gasteiger partial charge on any atom is -0.507 e. The molecule has 98 valence electrons. The van der Waals surface area contributed by atoms with Crippen LogP contribution in [-0.4, -0.2) is 28.5 Å². The van der Waals surface area contributed by atoms with E-state index in [-0.39, 0.29) is 11.7 Å². The first-order valence-electron chi connectivity index (χ1n) is 6.74. The average molecular weight is 247 g/mol. The number of phenolic OH excluding ortho intramolecular Hbond substituents is 1. The lowest BCUT2D eigenvalue weighted by atomic mass is 10.1. The first-order valence-corrected chi connectivity index (χ1v) is 6.74. The maximum atomic E-state index is 12.5. The summed E-state index contributed by atoms with van der Waals surface area (Å²) in [7, 11) is 0. The highest BCUT2D eigenvalue weighted by atomic mass is 16.3. The molecule has 0 saturated heterocycles. The summed E-state index contributed by atoms with van der Waals surface area (Å²) in [5.74, 6) is 0.0487. The Morgan fingerprint density at radius 2 is 2.06 bits per heavy atom. The van der Waals surface area contributed by atoms with Gasteiger partial charge in [0.2, 0.25) is 0 Å². The van der Waals surface area contributed by atoms with Crippen molar-refractivity contribution in [1.82, 2.24) is 4.90 Å². The summed E-state index contributed by atoms with van der Waals surface area (Å²) in [6.07, 6.45) is 4.58. The van der Waals surface area contributed by atoms with Crippen molar-refractivity contribution in [2.45, 2.75) is 45.6 Å². The molecule has 0 spiro atoms. The number of amides is 1. The van der Waals surface area contributed by atoms with Crippen molar-refractivity contribution >= 4 is 5.91 Å². The zero-order valence-corrected chi connectivity index (χ0v) is 11.1. The Kier molecular flexibility index (Phi) is 3.90. The molecular weight excluding hydrogens is 226 g/mol. The number of nitrogens with zero attached hydrogens (tertiary/aromatic N) is 1. The largest absolute Gasteiger partial charge is 0.507 e. The molecule has 1 aliphatic rings.